The van der Waals surface area contributed by atoms with E-state index in [1.165, 1.54) is 17.7 Å². The molecule has 3 heterocycles. The lowest BCUT2D eigenvalue weighted by atomic mass is 10.2. The number of amides is 1. The molecule has 0 N–H and O–H groups in total. The van der Waals surface area contributed by atoms with E-state index in [9.17, 15) is 4.79 Å². The maximum absolute atomic E-state index is 12.7. The van der Waals surface area contributed by atoms with Crippen molar-refractivity contribution in [2.24, 2.45) is 0 Å². The number of methoxy groups -OCH3 is 1. The standard InChI is InChI=1S/C21H22N4O3S/c1-15-13-24(9-10-25(15)21(26)18-4-3-11-29-18)19-12-20(23-14-22-19)28-17-7-5-16(27-2)6-8-17/h3-8,11-12,14-15H,9-10,13H2,1-2H3. The van der Waals surface area contributed by atoms with E-state index in [-0.39, 0.29) is 11.9 Å². The molecule has 0 aliphatic carbocycles. The van der Waals surface area contributed by atoms with Gasteiger partial charge in [0.2, 0.25) is 5.88 Å². The largest absolute Gasteiger partial charge is 0.497 e. The number of aromatic nitrogens is 2. The average molecular weight is 410 g/mol. The Morgan fingerprint density at radius 1 is 1.14 bits per heavy atom. The first-order chi connectivity index (χ1) is 14.1. The van der Waals surface area contributed by atoms with Crippen molar-refractivity contribution in [3.8, 4) is 17.4 Å². The summed E-state index contributed by atoms with van der Waals surface area (Å²) in [6.45, 7) is 4.13. The van der Waals surface area contributed by atoms with Crippen LogP contribution < -0.4 is 14.4 Å². The van der Waals surface area contributed by atoms with Crippen LogP contribution in [0.25, 0.3) is 0 Å². The van der Waals surface area contributed by atoms with Gasteiger partial charge in [0.05, 0.1) is 12.0 Å². The van der Waals surface area contributed by atoms with Crippen LogP contribution in [-0.4, -0.2) is 53.6 Å². The van der Waals surface area contributed by atoms with Crippen LogP contribution in [0.2, 0.25) is 0 Å². The number of carbonyl (C=O) groups excluding carboxylic acids is 1. The lowest BCUT2D eigenvalue weighted by Crippen LogP contribution is -2.54. The quantitative estimate of drug-likeness (QED) is 0.639. The molecule has 0 bridgehead atoms. The van der Waals surface area contributed by atoms with E-state index < -0.39 is 0 Å². The summed E-state index contributed by atoms with van der Waals surface area (Å²) >= 11 is 1.48. The first-order valence-electron chi connectivity index (χ1n) is 9.37. The minimum absolute atomic E-state index is 0.0827. The zero-order chi connectivity index (χ0) is 20.2. The summed E-state index contributed by atoms with van der Waals surface area (Å²) < 4.78 is 11.0. The molecule has 1 unspecified atom stereocenters. The summed E-state index contributed by atoms with van der Waals surface area (Å²) in [5.74, 6) is 2.81. The van der Waals surface area contributed by atoms with Gasteiger partial charge in [-0.1, -0.05) is 6.07 Å². The van der Waals surface area contributed by atoms with Gasteiger partial charge in [0.25, 0.3) is 5.91 Å². The third-order valence-electron chi connectivity index (χ3n) is 4.85. The number of ether oxygens (including phenoxy) is 2. The number of hydrogen-bond acceptors (Lipinski definition) is 7. The van der Waals surface area contributed by atoms with E-state index in [0.717, 1.165) is 16.4 Å². The summed E-state index contributed by atoms with van der Waals surface area (Å²) in [4.78, 5) is 26.2. The van der Waals surface area contributed by atoms with Crippen LogP contribution in [0.15, 0.2) is 54.2 Å². The summed E-state index contributed by atoms with van der Waals surface area (Å²) in [6.07, 6.45) is 1.50. The summed E-state index contributed by atoms with van der Waals surface area (Å²) in [6, 6.07) is 13.0. The van der Waals surface area contributed by atoms with Crippen molar-refractivity contribution in [3.05, 3.63) is 59.0 Å². The van der Waals surface area contributed by atoms with Gasteiger partial charge < -0.3 is 19.3 Å². The molecule has 7 nitrogen and oxygen atoms in total. The van der Waals surface area contributed by atoms with Gasteiger partial charge in [0.1, 0.15) is 23.6 Å². The summed E-state index contributed by atoms with van der Waals surface area (Å²) in [5, 5.41) is 1.93. The van der Waals surface area contributed by atoms with Gasteiger partial charge in [-0.05, 0) is 42.6 Å². The van der Waals surface area contributed by atoms with Crippen LogP contribution >= 0.6 is 11.3 Å². The molecule has 1 aromatic carbocycles. The molecule has 0 radical (unpaired) electrons. The van der Waals surface area contributed by atoms with Crippen LogP contribution in [0.5, 0.6) is 17.4 Å². The zero-order valence-corrected chi connectivity index (χ0v) is 17.1. The Morgan fingerprint density at radius 2 is 1.93 bits per heavy atom. The monoisotopic (exact) mass is 410 g/mol. The number of thiophene rings is 1. The van der Waals surface area contributed by atoms with E-state index in [0.29, 0.717) is 31.3 Å². The number of carbonyl (C=O) groups is 1. The molecule has 1 aliphatic heterocycles. The second-order valence-electron chi connectivity index (χ2n) is 6.76. The van der Waals surface area contributed by atoms with E-state index in [4.69, 9.17) is 9.47 Å². The fraction of sp³-hybridized carbons (Fsp3) is 0.286. The molecule has 8 heteroatoms. The number of rotatable bonds is 5. The molecule has 4 rings (SSSR count). The van der Waals surface area contributed by atoms with Gasteiger partial charge in [-0.2, -0.15) is 0 Å². The highest BCUT2D eigenvalue weighted by Crippen LogP contribution is 2.26. The Labute approximate surface area is 173 Å². The number of nitrogens with zero attached hydrogens (tertiary/aromatic N) is 4. The minimum Gasteiger partial charge on any atom is -0.497 e. The first-order valence-corrected chi connectivity index (χ1v) is 10.3. The van der Waals surface area contributed by atoms with Crippen molar-refractivity contribution in [1.29, 1.82) is 0 Å². The second kappa shape index (κ2) is 8.48. The molecule has 0 saturated carbocycles. The van der Waals surface area contributed by atoms with Crippen molar-refractivity contribution >= 4 is 23.1 Å². The second-order valence-corrected chi connectivity index (χ2v) is 7.71. The van der Waals surface area contributed by atoms with E-state index in [2.05, 4.69) is 21.8 Å². The maximum Gasteiger partial charge on any atom is 0.264 e. The third-order valence-corrected chi connectivity index (χ3v) is 5.71. The maximum atomic E-state index is 12.7. The van der Waals surface area contributed by atoms with Gasteiger partial charge >= 0.3 is 0 Å². The molecule has 1 fully saturated rings. The van der Waals surface area contributed by atoms with Crippen molar-refractivity contribution in [3.63, 3.8) is 0 Å². The number of piperazine rings is 1. The molecule has 29 heavy (non-hydrogen) atoms. The average Bonchev–Trinajstić information content (AvgIpc) is 3.29. The molecule has 150 valence electrons. The van der Waals surface area contributed by atoms with Crippen LogP contribution in [0.1, 0.15) is 16.6 Å². The fourth-order valence-electron chi connectivity index (χ4n) is 3.33. The Kier molecular flexibility index (Phi) is 5.62. The van der Waals surface area contributed by atoms with Crippen LogP contribution in [0, 0.1) is 0 Å². The van der Waals surface area contributed by atoms with E-state index in [1.807, 2.05) is 52.7 Å². The topological polar surface area (TPSA) is 67.8 Å². The van der Waals surface area contributed by atoms with Crippen LogP contribution in [0.4, 0.5) is 5.82 Å². The lowest BCUT2D eigenvalue weighted by molar-refractivity contribution is 0.0678. The molecule has 3 aromatic rings. The highest BCUT2D eigenvalue weighted by molar-refractivity contribution is 7.12. The van der Waals surface area contributed by atoms with Gasteiger partial charge in [0.15, 0.2) is 0 Å². The number of hydrogen-bond donors (Lipinski definition) is 0. The van der Waals surface area contributed by atoms with Crippen molar-refractivity contribution in [2.75, 3.05) is 31.6 Å². The zero-order valence-electron chi connectivity index (χ0n) is 16.3. The SMILES string of the molecule is COc1ccc(Oc2cc(N3CCN(C(=O)c4cccs4)C(C)C3)ncn2)cc1. The highest BCUT2D eigenvalue weighted by atomic mass is 32.1. The Hall–Kier alpha value is -3.13. The molecule has 1 amide bonds. The molecule has 1 aliphatic rings. The predicted molar refractivity (Wildman–Crippen MR) is 112 cm³/mol. The van der Waals surface area contributed by atoms with Gasteiger partial charge in [0, 0.05) is 31.7 Å². The van der Waals surface area contributed by atoms with Crippen molar-refractivity contribution in [2.45, 2.75) is 13.0 Å². The number of benzene rings is 1. The number of anilines is 1. The third kappa shape index (κ3) is 4.32. The van der Waals surface area contributed by atoms with Crippen LogP contribution in [-0.2, 0) is 0 Å². The van der Waals surface area contributed by atoms with Crippen LogP contribution in [0.3, 0.4) is 0 Å². The van der Waals surface area contributed by atoms with E-state index in [1.54, 1.807) is 7.11 Å². The van der Waals surface area contributed by atoms with Gasteiger partial charge in [-0.3, -0.25) is 4.79 Å². The molecule has 0 spiro atoms. The minimum atomic E-state index is 0.0827. The lowest BCUT2D eigenvalue weighted by Gasteiger charge is -2.40. The molecule has 1 atom stereocenters. The van der Waals surface area contributed by atoms with Crippen molar-refractivity contribution in [1.82, 2.24) is 14.9 Å². The van der Waals surface area contributed by atoms with Gasteiger partial charge in [-0.15, -0.1) is 11.3 Å². The normalized spacial score (nSPS) is 16.6. The summed E-state index contributed by atoms with van der Waals surface area (Å²) in [5.41, 5.74) is 0. The molecule has 2 aromatic heterocycles. The Morgan fingerprint density at radius 3 is 2.62 bits per heavy atom. The predicted octanol–water partition coefficient (Wildman–Crippen LogP) is 3.69. The molecular formula is C21H22N4O3S. The Balaban J connectivity index is 1.43. The molecular weight excluding hydrogens is 388 g/mol. The first kappa shape index (κ1) is 19.2. The highest BCUT2D eigenvalue weighted by Gasteiger charge is 2.29. The fourth-order valence-corrected chi connectivity index (χ4v) is 4.01. The summed E-state index contributed by atoms with van der Waals surface area (Å²) in [7, 11) is 1.63. The van der Waals surface area contributed by atoms with Crippen molar-refractivity contribution < 1.29 is 14.3 Å². The molecule has 1 saturated heterocycles. The smallest absolute Gasteiger partial charge is 0.264 e. The Bertz CT molecular complexity index is 962. The van der Waals surface area contributed by atoms with E-state index >= 15 is 0 Å². The van der Waals surface area contributed by atoms with Gasteiger partial charge in [-0.25, -0.2) is 9.97 Å².